The third-order valence-corrected chi connectivity index (χ3v) is 6.85. The number of thiophene rings is 1. The predicted octanol–water partition coefficient (Wildman–Crippen LogP) is 2.60. The molecule has 0 N–H and O–H groups in total. The average molecular weight is 451 g/mol. The molecule has 2 aliphatic rings. The molecule has 0 aliphatic heterocycles. The lowest BCUT2D eigenvalue weighted by Gasteiger charge is -2.22. The third-order valence-electron chi connectivity index (χ3n) is 5.83. The van der Waals surface area contributed by atoms with Crippen LogP contribution in [-0.2, 0) is 35.8 Å². The number of ether oxygens (including phenoxy) is 3. The number of nitriles is 1. The van der Waals surface area contributed by atoms with Crippen LogP contribution in [0.15, 0.2) is 29.8 Å². The van der Waals surface area contributed by atoms with Gasteiger partial charge in [-0.05, 0) is 5.57 Å². The van der Waals surface area contributed by atoms with Gasteiger partial charge in [0, 0.05) is 45.6 Å². The van der Waals surface area contributed by atoms with Crippen LogP contribution in [0.5, 0.6) is 5.75 Å². The molecule has 0 aromatic carbocycles. The summed E-state index contributed by atoms with van der Waals surface area (Å²) in [6.07, 6.45) is 7.77. The van der Waals surface area contributed by atoms with Crippen molar-refractivity contribution in [1.82, 2.24) is 24.5 Å². The van der Waals surface area contributed by atoms with Gasteiger partial charge in [0.15, 0.2) is 5.75 Å². The first kappa shape index (κ1) is 20.5. The summed E-state index contributed by atoms with van der Waals surface area (Å²) in [7, 11) is 5.20. The molecule has 1 atom stereocenters. The van der Waals surface area contributed by atoms with E-state index in [1.165, 1.54) is 11.3 Å². The number of aromatic nitrogens is 5. The van der Waals surface area contributed by atoms with Gasteiger partial charge >= 0.3 is 0 Å². The van der Waals surface area contributed by atoms with Crippen LogP contribution in [0.1, 0.15) is 27.7 Å². The summed E-state index contributed by atoms with van der Waals surface area (Å²) in [5.41, 5.74) is 5.13. The van der Waals surface area contributed by atoms with Crippen molar-refractivity contribution in [2.45, 2.75) is 25.4 Å². The Morgan fingerprint density at radius 1 is 1.31 bits per heavy atom. The van der Waals surface area contributed by atoms with E-state index in [4.69, 9.17) is 14.2 Å². The average Bonchev–Trinajstić information content (AvgIpc) is 3.52. The zero-order valence-corrected chi connectivity index (χ0v) is 18.8. The van der Waals surface area contributed by atoms with Crippen molar-refractivity contribution in [3.63, 3.8) is 0 Å². The Balaban J connectivity index is 1.37. The van der Waals surface area contributed by atoms with Crippen molar-refractivity contribution in [2.24, 2.45) is 7.05 Å². The summed E-state index contributed by atoms with van der Waals surface area (Å²) in [6, 6.07) is 4.17. The quantitative estimate of drug-likeness (QED) is 0.532. The van der Waals surface area contributed by atoms with Gasteiger partial charge in [0.05, 0.1) is 29.9 Å². The highest BCUT2D eigenvalue weighted by Gasteiger charge is 2.27. The van der Waals surface area contributed by atoms with E-state index < -0.39 is 0 Å². The minimum atomic E-state index is -0.168. The van der Waals surface area contributed by atoms with Crippen molar-refractivity contribution in [3.05, 3.63) is 57.5 Å². The van der Waals surface area contributed by atoms with Gasteiger partial charge in [0.2, 0.25) is 0 Å². The van der Waals surface area contributed by atoms with E-state index in [9.17, 15) is 5.26 Å². The zero-order valence-electron chi connectivity index (χ0n) is 18.0. The van der Waals surface area contributed by atoms with E-state index in [0.717, 1.165) is 52.0 Å². The van der Waals surface area contributed by atoms with Crippen molar-refractivity contribution >= 4 is 17.4 Å². The second-order valence-electron chi connectivity index (χ2n) is 7.65. The van der Waals surface area contributed by atoms with Crippen LogP contribution in [0.2, 0.25) is 0 Å². The van der Waals surface area contributed by atoms with E-state index in [1.54, 1.807) is 20.5 Å². The number of aryl methyl sites for hydroxylation is 1. The molecule has 9 nitrogen and oxygen atoms in total. The Labute approximate surface area is 189 Å². The number of rotatable bonds is 6. The van der Waals surface area contributed by atoms with Crippen LogP contribution in [0.25, 0.3) is 11.1 Å². The molecular weight excluding hydrogens is 428 g/mol. The molecule has 0 bridgehead atoms. The van der Waals surface area contributed by atoms with Crippen LogP contribution in [-0.4, -0.2) is 51.5 Å². The van der Waals surface area contributed by atoms with Crippen LogP contribution in [0.4, 0.5) is 0 Å². The van der Waals surface area contributed by atoms with Crippen molar-refractivity contribution in [1.29, 1.82) is 5.26 Å². The molecule has 3 aromatic heterocycles. The fourth-order valence-corrected chi connectivity index (χ4v) is 4.96. The molecule has 0 spiro atoms. The van der Waals surface area contributed by atoms with Crippen LogP contribution in [0, 0.1) is 11.3 Å². The molecule has 0 fully saturated rings. The lowest BCUT2D eigenvalue weighted by atomic mass is 10.0. The van der Waals surface area contributed by atoms with Gasteiger partial charge in [0.25, 0.3) is 0 Å². The number of hydrogen-bond acceptors (Lipinski definition) is 8. The zero-order chi connectivity index (χ0) is 22.2. The topological polar surface area (TPSA) is 100 Å². The van der Waals surface area contributed by atoms with Crippen molar-refractivity contribution < 1.29 is 14.2 Å². The first-order valence-corrected chi connectivity index (χ1v) is 11.0. The highest BCUT2D eigenvalue weighted by molar-refractivity contribution is 7.15. The van der Waals surface area contributed by atoms with Gasteiger partial charge in [0.1, 0.15) is 40.7 Å². The number of imidazole rings is 1. The Hall–Kier alpha value is -3.42. The molecule has 0 amide bonds. The molecule has 32 heavy (non-hydrogen) atoms. The standard InChI is InChI=1S/C22H22N6O3S/c1-27-16-6-13(4-5-14(16)25-26-27)11-31-20-9-22(32-21(20)10-23)28-12-24-15-7-18(29-2)19(30-3)8-17(15)28/h4,7,9,12,19H,5-6,8,11H2,1-3H3. The van der Waals surface area contributed by atoms with E-state index in [-0.39, 0.29) is 6.10 Å². The molecule has 164 valence electrons. The van der Waals surface area contributed by atoms with E-state index in [2.05, 4.69) is 27.4 Å². The molecular formula is C22H22N6O3S. The normalized spacial score (nSPS) is 17.1. The lowest BCUT2D eigenvalue weighted by Crippen LogP contribution is -2.23. The predicted molar refractivity (Wildman–Crippen MR) is 118 cm³/mol. The van der Waals surface area contributed by atoms with E-state index in [0.29, 0.717) is 23.7 Å². The SMILES string of the molecule is COC1=Cc2ncn(-c3cc(OCC4=CCc5nnn(C)c5C4)c(C#N)s3)c2CC1OC. The van der Waals surface area contributed by atoms with Crippen molar-refractivity contribution in [3.8, 4) is 16.8 Å². The maximum Gasteiger partial charge on any atom is 0.150 e. The monoisotopic (exact) mass is 450 g/mol. The number of methoxy groups -OCH3 is 2. The second kappa shape index (κ2) is 8.26. The molecule has 3 heterocycles. The molecule has 0 radical (unpaired) electrons. The van der Waals surface area contributed by atoms with E-state index >= 15 is 0 Å². The Kier molecular flexibility index (Phi) is 5.28. The number of fused-ring (bicyclic) bond motifs is 2. The first-order chi connectivity index (χ1) is 15.6. The molecule has 5 rings (SSSR count). The smallest absolute Gasteiger partial charge is 0.150 e. The van der Waals surface area contributed by atoms with Crippen LogP contribution >= 0.6 is 11.3 Å². The fraction of sp³-hybridized carbons (Fsp3) is 0.364. The third kappa shape index (κ3) is 3.49. The second-order valence-corrected chi connectivity index (χ2v) is 8.68. The summed E-state index contributed by atoms with van der Waals surface area (Å²) in [4.78, 5) is 5.06. The summed E-state index contributed by atoms with van der Waals surface area (Å²) in [5.74, 6) is 1.34. The summed E-state index contributed by atoms with van der Waals surface area (Å²) < 4.78 is 20.9. The van der Waals surface area contributed by atoms with Gasteiger partial charge in [-0.1, -0.05) is 11.3 Å². The Morgan fingerprint density at radius 3 is 2.97 bits per heavy atom. The maximum absolute atomic E-state index is 9.67. The number of allylic oxidation sites excluding steroid dienone is 1. The van der Waals surface area contributed by atoms with Gasteiger partial charge < -0.3 is 14.2 Å². The van der Waals surface area contributed by atoms with Crippen LogP contribution < -0.4 is 4.74 Å². The molecule has 10 heteroatoms. The lowest BCUT2D eigenvalue weighted by molar-refractivity contribution is 0.0784. The van der Waals surface area contributed by atoms with Crippen LogP contribution in [0.3, 0.4) is 0 Å². The molecule has 2 aliphatic carbocycles. The molecule has 0 saturated carbocycles. The Bertz CT molecular complexity index is 1280. The maximum atomic E-state index is 9.67. The van der Waals surface area contributed by atoms with Gasteiger partial charge in [-0.3, -0.25) is 9.25 Å². The Morgan fingerprint density at radius 2 is 2.19 bits per heavy atom. The minimum Gasteiger partial charge on any atom is -0.498 e. The van der Waals surface area contributed by atoms with Gasteiger partial charge in [-0.15, -0.1) is 16.4 Å². The van der Waals surface area contributed by atoms with E-state index in [1.807, 2.05) is 28.4 Å². The number of hydrogen-bond donors (Lipinski definition) is 0. The summed E-state index contributed by atoms with van der Waals surface area (Å²) in [5, 5.41) is 18.8. The highest BCUT2D eigenvalue weighted by atomic mass is 32.1. The first-order valence-electron chi connectivity index (χ1n) is 10.2. The summed E-state index contributed by atoms with van der Waals surface area (Å²) >= 11 is 1.38. The van der Waals surface area contributed by atoms with Gasteiger partial charge in [-0.2, -0.15) is 5.26 Å². The van der Waals surface area contributed by atoms with Crippen molar-refractivity contribution in [2.75, 3.05) is 20.8 Å². The van der Waals surface area contributed by atoms with Gasteiger partial charge in [-0.25, -0.2) is 4.98 Å². The number of nitrogens with zero attached hydrogens (tertiary/aromatic N) is 6. The fourth-order valence-electron chi connectivity index (χ4n) is 4.06. The largest absolute Gasteiger partial charge is 0.498 e. The minimum absolute atomic E-state index is 0.168. The molecule has 0 saturated heterocycles. The molecule has 1 unspecified atom stereocenters. The highest BCUT2D eigenvalue weighted by Crippen LogP contribution is 2.35. The summed E-state index contributed by atoms with van der Waals surface area (Å²) in [6.45, 7) is 0.420. The molecule has 3 aromatic rings.